The van der Waals surface area contributed by atoms with Gasteiger partial charge in [0.15, 0.2) is 16.1 Å². The van der Waals surface area contributed by atoms with Crippen molar-refractivity contribution in [2.45, 2.75) is 44.5 Å². The third-order valence-electron chi connectivity index (χ3n) is 4.46. The number of aromatic amines is 1. The number of H-pyrrole nitrogens is 1. The number of aliphatic hydroxyl groups excluding tert-OH is 1. The number of likely N-dealkylation sites (tertiary alicyclic amines) is 1. The summed E-state index contributed by atoms with van der Waals surface area (Å²) in [5.41, 5.74) is 8.70. The number of carbonyl (C=O) groups excluding carboxylic acids is 1. The van der Waals surface area contributed by atoms with Crippen LogP contribution in [0, 0.1) is 11.3 Å². The highest BCUT2D eigenvalue weighted by Crippen LogP contribution is 2.24. The largest absolute Gasteiger partial charge is 0.665 e. The lowest BCUT2D eigenvalue weighted by molar-refractivity contribution is 0.0913. The minimum Gasteiger partial charge on any atom is -0.665 e. The Morgan fingerprint density at radius 3 is 2.77 bits per heavy atom. The van der Waals surface area contributed by atoms with Crippen LogP contribution in [0.4, 0.5) is 0 Å². The fourth-order valence-corrected chi connectivity index (χ4v) is 3.77. The van der Waals surface area contributed by atoms with Crippen molar-refractivity contribution >= 4 is 34.4 Å². The second-order valence-electron chi connectivity index (χ2n) is 6.45. The molecule has 1 aromatic heterocycles. The molecule has 5 N–H and O–H groups in total. The molecule has 0 radical (unpaired) electrons. The van der Waals surface area contributed by atoms with Crippen LogP contribution in [0.15, 0.2) is 0 Å². The van der Waals surface area contributed by atoms with Crippen LogP contribution < -0.4 is 5.32 Å². The summed E-state index contributed by atoms with van der Waals surface area (Å²) in [7, 11) is 0. The molecule has 1 aromatic rings. The molecule has 1 fully saturated rings. The number of aryl methyl sites for hydroxylation is 1. The SMILES string of the molecule is CCc1[nH]c(C(=O)NC2CCN(C(=N)SC([NH-])[C@H](C)CO)CC2)nc1Cl. The molecule has 1 saturated heterocycles. The van der Waals surface area contributed by atoms with E-state index in [-0.39, 0.29) is 30.3 Å². The van der Waals surface area contributed by atoms with Gasteiger partial charge in [0.25, 0.3) is 5.91 Å². The maximum atomic E-state index is 12.3. The first kappa shape index (κ1) is 21.0. The minimum absolute atomic E-state index is 0.0219. The molecule has 0 aromatic carbocycles. The van der Waals surface area contributed by atoms with Crippen LogP contribution in [0.1, 0.15) is 43.0 Å². The summed E-state index contributed by atoms with van der Waals surface area (Å²) >= 11 is 7.13. The number of amidine groups is 1. The molecule has 2 heterocycles. The number of nitrogens with zero attached hydrogens (tertiary/aromatic N) is 2. The van der Waals surface area contributed by atoms with Crippen molar-refractivity contribution in [1.29, 1.82) is 5.41 Å². The lowest BCUT2D eigenvalue weighted by atomic mass is 10.1. The molecule has 2 rings (SSSR count). The molecular formula is C16H26ClN6O2S-. The third kappa shape index (κ3) is 5.35. The number of hydrogen-bond acceptors (Lipinski definition) is 5. The first-order valence-corrected chi connectivity index (χ1v) is 9.98. The highest BCUT2D eigenvalue weighted by atomic mass is 35.5. The molecule has 1 unspecified atom stereocenters. The Labute approximate surface area is 162 Å². The number of rotatable bonds is 6. The van der Waals surface area contributed by atoms with Gasteiger partial charge in [-0.15, -0.1) is 11.8 Å². The number of nitrogens with one attached hydrogen (secondary N) is 4. The Hall–Kier alpha value is -1.29. The number of piperidine rings is 1. The number of imidazole rings is 1. The Morgan fingerprint density at radius 2 is 2.23 bits per heavy atom. The molecule has 1 aliphatic rings. The van der Waals surface area contributed by atoms with Crippen molar-refractivity contribution in [2.75, 3.05) is 19.7 Å². The van der Waals surface area contributed by atoms with Gasteiger partial charge < -0.3 is 26.0 Å². The zero-order valence-electron chi connectivity index (χ0n) is 15.0. The first-order chi connectivity index (χ1) is 12.3. The zero-order chi connectivity index (χ0) is 19.3. The van der Waals surface area contributed by atoms with Gasteiger partial charge in [-0.2, -0.15) is 0 Å². The second kappa shape index (κ2) is 9.59. The van der Waals surface area contributed by atoms with Gasteiger partial charge in [0, 0.05) is 25.7 Å². The maximum Gasteiger partial charge on any atom is 0.287 e. The van der Waals surface area contributed by atoms with Crippen LogP contribution >= 0.6 is 23.4 Å². The number of halogens is 1. The molecular weight excluding hydrogens is 376 g/mol. The van der Waals surface area contributed by atoms with E-state index < -0.39 is 5.37 Å². The summed E-state index contributed by atoms with van der Waals surface area (Å²) in [4.78, 5) is 21.2. The summed E-state index contributed by atoms with van der Waals surface area (Å²) < 4.78 is 0. The summed E-state index contributed by atoms with van der Waals surface area (Å²) in [6.07, 6.45) is 2.13. The summed E-state index contributed by atoms with van der Waals surface area (Å²) in [5.74, 6) is -0.213. The van der Waals surface area contributed by atoms with Gasteiger partial charge in [-0.25, -0.2) is 4.98 Å². The summed E-state index contributed by atoms with van der Waals surface area (Å²) in [6, 6.07) is 0.0219. The molecule has 0 saturated carbocycles. The van der Waals surface area contributed by atoms with Crippen molar-refractivity contribution in [2.24, 2.45) is 5.92 Å². The number of thioether (sulfide) groups is 1. The van der Waals surface area contributed by atoms with Crippen LogP contribution in [-0.4, -0.2) is 62.2 Å². The van der Waals surface area contributed by atoms with E-state index in [9.17, 15) is 4.79 Å². The number of carbonyl (C=O) groups is 1. The Balaban J connectivity index is 1.80. The van der Waals surface area contributed by atoms with E-state index in [1.165, 1.54) is 0 Å². The van der Waals surface area contributed by atoms with E-state index >= 15 is 0 Å². The molecule has 1 amide bonds. The van der Waals surface area contributed by atoms with Gasteiger partial charge in [-0.05, 0) is 25.2 Å². The van der Waals surface area contributed by atoms with E-state index in [4.69, 9.17) is 27.9 Å². The molecule has 1 aliphatic heterocycles. The van der Waals surface area contributed by atoms with E-state index in [1.807, 2.05) is 11.8 Å². The zero-order valence-corrected chi connectivity index (χ0v) is 16.6. The molecule has 0 spiro atoms. The van der Waals surface area contributed by atoms with Crippen LogP contribution in [0.2, 0.25) is 5.15 Å². The van der Waals surface area contributed by atoms with Crippen molar-refractivity contribution < 1.29 is 9.90 Å². The first-order valence-electron chi connectivity index (χ1n) is 8.73. The molecule has 0 aliphatic carbocycles. The van der Waals surface area contributed by atoms with E-state index in [1.54, 1.807) is 6.92 Å². The van der Waals surface area contributed by atoms with Crippen LogP contribution in [0.3, 0.4) is 0 Å². The highest BCUT2D eigenvalue weighted by Gasteiger charge is 2.24. The van der Waals surface area contributed by atoms with Crippen molar-refractivity contribution in [3.63, 3.8) is 0 Å². The van der Waals surface area contributed by atoms with Gasteiger partial charge in [-0.3, -0.25) is 10.2 Å². The lowest BCUT2D eigenvalue weighted by Gasteiger charge is -2.36. The molecule has 8 nitrogen and oxygen atoms in total. The molecule has 26 heavy (non-hydrogen) atoms. The molecule has 10 heteroatoms. The smallest absolute Gasteiger partial charge is 0.287 e. The minimum atomic E-state index is -0.554. The van der Waals surface area contributed by atoms with E-state index in [2.05, 4.69) is 15.3 Å². The Bertz CT molecular complexity index is 632. The van der Waals surface area contributed by atoms with Gasteiger partial charge >= 0.3 is 0 Å². The fourth-order valence-electron chi connectivity index (χ4n) is 2.62. The highest BCUT2D eigenvalue weighted by molar-refractivity contribution is 8.14. The van der Waals surface area contributed by atoms with E-state index in [0.717, 1.165) is 30.3 Å². The van der Waals surface area contributed by atoms with Crippen LogP contribution in [-0.2, 0) is 6.42 Å². The summed E-state index contributed by atoms with van der Waals surface area (Å²) in [6.45, 7) is 4.97. The predicted molar refractivity (Wildman–Crippen MR) is 105 cm³/mol. The lowest BCUT2D eigenvalue weighted by Crippen LogP contribution is -2.46. The fraction of sp³-hybridized carbons (Fsp3) is 0.688. The summed E-state index contributed by atoms with van der Waals surface area (Å²) in [5, 5.41) is 20.3. The quantitative estimate of drug-likeness (QED) is 0.430. The second-order valence-corrected chi connectivity index (χ2v) is 7.93. The Morgan fingerprint density at radius 1 is 1.58 bits per heavy atom. The van der Waals surface area contributed by atoms with Gasteiger partial charge in [0.2, 0.25) is 0 Å². The average molecular weight is 402 g/mol. The van der Waals surface area contributed by atoms with Crippen LogP contribution in [0.25, 0.3) is 5.73 Å². The molecule has 2 atom stereocenters. The maximum absolute atomic E-state index is 12.3. The molecule has 146 valence electrons. The Kier molecular flexibility index (Phi) is 7.75. The normalized spacial score (nSPS) is 17.8. The van der Waals surface area contributed by atoms with Crippen molar-refractivity contribution in [3.8, 4) is 0 Å². The van der Waals surface area contributed by atoms with Crippen LogP contribution in [0.5, 0.6) is 0 Å². The number of amides is 1. The molecule has 0 bridgehead atoms. The number of hydrogen-bond donors (Lipinski definition) is 4. The van der Waals surface area contributed by atoms with Gasteiger partial charge in [0.05, 0.1) is 5.69 Å². The standard InChI is InChI=1S/C16H26ClN6O2S/c1-3-11-12(17)22-14(21-11)15(25)20-10-4-6-23(7-5-10)16(19)26-13(18)9(2)8-24/h9-10,13,18-19,24H,3-8H2,1-2H3,(H,20,25)(H,21,22)/q-1/t9-,13?/m1/s1. The van der Waals surface area contributed by atoms with Gasteiger partial charge in [0.1, 0.15) is 0 Å². The number of aromatic nitrogens is 2. The predicted octanol–water partition coefficient (Wildman–Crippen LogP) is 2.49. The van der Waals surface area contributed by atoms with Gasteiger partial charge in [-0.1, -0.05) is 30.8 Å². The van der Waals surface area contributed by atoms with E-state index in [0.29, 0.717) is 29.8 Å². The number of aliphatic hydroxyl groups is 1. The topological polar surface area (TPSA) is 129 Å². The average Bonchev–Trinajstić information content (AvgIpc) is 3.02. The van der Waals surface area contributed by atoms with Crippen molar-refractivity contribution in [1.82, 2.24) is 20.2 Å². The third-order valence-corrected chi connectivity index (χ3v) is 5.97. The van der Waals surface area contributed by atoms with Crippen molar-refractivity contribution in [3.05, 3.63) is 22.4 Å². The monoisotopic (exact) mass is 401 g/mol.